The molecule has 0 spiro atoms. The van der Waals surface area contributed by atoms with E-state index in [2.05, 4.69) is 4.90 Å². The first-order valence-corrected chi connectivity index (χ1v) is 7.44. The predicted molar refractivity (Wildman–Crippen MR) is 70.8 cm³/mol. The largest absolute Gasteiger partial charge is 0.368 e. The van der Waals surface area contributed by atoms with Gasteiger partial charge in [-0.3, -0.25) is 9.69 Å². The molecule has 1 aliphatic heterocycles. The molecule has 0 aromatic heterocycles. The summed E-state index contributed by atoms with van der Waals surface area (Å²) >= 11 is 0. The second-order valence-electron chi connectivity index (χ2n) is 6.55. The molecule has 0 radical (unpaired) electrons. The third-order valence-corrected chi connectivity index (χ3v) is 5.35. The topological polar surface area (TPSA) is 72.3 Å². The van der Waals surface area contributed by atoms with E-state index in [0.717, 1.165) is 25.3 Å². The molecule has 18 heavy (non-hydrogen) atoms. The maximum absolute atomic E-state index is 11.7. The van der Waals surface area contributed by atoms with Crippen molar-refractivity contribution in [3.05, 3.63) is 0 Å². The van der Waals surface area contributed by atoms with E-state index in [1.54, 1.807) is 0 Å². The normalized spacial score (nSPS) is 36.1. The van der Waals surface area contributed by atoms with Crippen molar-refractivity contribution in [1.29, 1.82) is 0 Å². The Labute approximate surface area is 109 Å². The summed E-state index contributed by atoms with van der Waals surface area (Å²) in [5, 5.41) is 0. The molecule has 4 N–H and O–H groups in total. The second kappa shape index (κ2) is 4.49. The molecule has 2 aliphatic carbocycles. The number of carbonyl (C=O) groups is 1. The van der Waals surface area contributed by atoms with Gasteiger partial charge in [-0.05, 0) is 50.5 Å². The number of hydrogen-bond donors (Lipinski definition) is 2. The lowest BCUT2D eigenvalue weighted by Gasteiger charge is -2.37. The van der Waals surface area contributed by atoms with Gasteiger partial charge in [0.15, 0.2) is 0 Å². The molecule has 0 aromatic carbocycles. The van der Waals surface area contributed by atoms with E-state index in [1.165, 1.54) is 32.1 Å². The number of nitrogens with two attached hydrogens (primary N) is 2. The first-order chi connectivity index (χ1) is 8.61. The molecule has 0 bridgehead atoms. The molecule has 3 unspecified atom stereocenters. The molecule has 1 saturated heterocycles. The van der Waals surface area contributed by atoms with Gasteiger partial charge in [-0.15, -0.1) is 0 Å². The summed E-state index contributed by atoms with van der Waals surface area (Å²) in [4.78, 5) is 14.2. The third-order valence-electron chi connectivity index (χ3n) is 5.35. The van der Waals surface area contributed by atoms with Crippen molar-refractivity contribution < 1.29 is 4.79 Å². The molecular weight excluding hydrogens is 226 g/mol. The van der Waals surface area contributed by atoms with E-state index in [9.17, 15) is 4.79 Å². The van der Waals surface area contributed by atoms with Crippen LogP contribution in [0.4, 0.5) is 0 Å². The van der Waals surface area contributed by atoms with Crippen LogP contribution in [0.3, 0.4) is 0 Å². The van der Waals surface area contributed by atoms with Crippen LogP contribution in [0.25, 0.3) is 0 Å². The van der Waals surface area contributed by atoms with Gasteiger partial charge in [0.25, 0.3) is 0 Å². The summed E-state index contributed by atoms with van der Waals surface area (Å²) in [5.41, 5.74) is 11.1. The lowest BCUT2D eigenvalue weighted by atomic mass is 9.84. The lowest BCUT2D eigenvalue weighted by Crippen LogP contribution is -2.61. The van der Waals surface area contributed by atoms with Crippen molar-refractivity contribution in [3.8, 4) is 0 Å². The number of amides is 1. The molecule has 3 rings (SSSR count). The summed E-state index contributed by atoms with van der Waals surface area (Å²) in [6.07, 6.45) is 8.77. The SMILES string of the molecule is NC(=O)C(N)(CN1CCC2CCCCC21)C1CC1. The van der Waals surface area contributed by atoms with Crippen molar-refractivity contribution >= 4 is 5.91 Å². The molecule has 1 heterocycles. The zero-order valence-corrected chi connectivity index (χ0v) is 11.1. The van der Waals surface area contributed by atoms with E-state index < -0.39 is 5.54 Å². The van der Waals surface area contributed by atoms with Crippen LogP contribution in [0.15, 0.2) is 0 Å². The molecule has 3 fully saturated rings. The zero-order chi connectivity index (χ0) is 12.8. The fourth-order valence-corrected chi connectivity index (χ4v) is 4.04. The third kappa shape index (κ3) is 2.05. The minimum Gasteiger partial charge on any atom is -0.368 e. The average Bonchev–Trinajstić information content (AvgIpc) is 3.14. The van der Waals surface area contributed by atoms with Crippen molar-refractivity contribution in [2.45, 2.75) is 56.5 Å². The smallest absolute Gasteiger partial charge is 0.239 e. The molecule has 3 atom stereocenters. The maximum Gasteiger partial charge on any atom is 0.239 e. The number of carbonyl (C=O) groups excluding carboxylic acids is 1. The van der Waals surface area contributed by atoms with Crippen LogP contribution in [-0.4, -0.2) is 35.5 Å². The van der Waals surface area contributed by atoms with Crippen molar-refractivity contribution in [2.75, 3.05) is 13.1 Å². The highest BCUT2D eigenvalue weighted by molar-refractivity contribution is 5.85. The van der Waals surface area contributed by atoms with Gasteiger partial charge in [0.1, 0.15) is 5.54 Å². The number of rotatable bonds is 4. The highest BCUT2D eigenvalue weighted by atomic mass is 16.1. The molecule has 2 saturated carbocycles. The number of primary amides is 1. The Morgan fingerprint density at radius 3 is 2.56 bits per heavy atom. The van der Waals surface area contributed by atoms with E-state index in [1.807, 2.05) is 0 Å². The highest BCUT2D eigenvalue weighted by Gasteiger charge is 2.49. The van der Waals surface area contributed by atoms with Crippen LogP contribution in [-0.2, 0) is 4.79 Å². The van der Waals surface area contributed by atoms with E-state index in [-0.39, 0.29) is 5.91 Å². The van der Waals surface area contributed by atoms with Crippen molar-refractivity contribution in [1.82, 2.24) is 4.90 Å². The van der Waals surface area contributed by atoms with Crippen LogP contribution < -0.4 is 11.5 Å². The highest BCUT2D eigenvalue weighted by Crippen LogP contribution is 2.42. The van der Waals surface area contributed by atoms with Crippen LogP contribution >= 0.6 is 0 Å². The van der Waals surface area contributed by atoms with Gasteiger partial charge in [0.05, 0.1) is 0 Å². The van der Waals surface area contributed by atoms with E-state index in [0.29, 0.717) is 18.5 Å². The number of nitrogens with zero attached hydrogens (tertiary/aromatic N) is 1. The van der Waals surface area contributed by atoms with Crippen LogP contribution in [0.2, 0.25) is 0 Å². The first kappa shape index (κ1) is 12.4. The molecule has 1 amide bonds. The monoisotopic (exact) mass is 251 g/mol. The standard InChI is InChI=1S/C14H25N3O/c15-13(18)14(16,11-5-6-11)9-17-8-7-10-3-1-2-4-12(10)17/h10-12H,1-9,16H2,(H2,15,18). The summed E-state index contributed by atoms with van der Waals surface area (Å²) < 4.78 is 0. The maximum atomic E-state index is 11.7. The van der Waals surface area contributed by atoms with Crippen LogP contribution in [0.1, 0.15) is 44.9 Å². The molecule has 0 aromatic rings. The van der Waals surface area contributed by atoms with Gasteiger partial charge in [0.2, 0.25) is 5.91 Å². The minimum atomic E-state index is -0.771. The number of fused-ring (bicyclic) bond motifs is 1. The number of hydrogen-bond acceptors (Lipinski definition) is 3. The van der Waals surface area contributed by atoms with Crippen LogP contribution in [0, 0.1) is 11.8 Å². The number of likely N-dealkylation sites (tertiary alicyclic amines) is 1. The molecule has 4 heteroatoms. The molecule has 3 aliphatic rings. The van der Waals surface area contributed by atoms with Crippen LogP contribution in [0.5, 0.6) is 0 Å². The minimum absolute atomic E-state index is 0.302. The van der Waals surface area contributed by atoms with Gasteiger partial charge in [-0.1, -0.05) is 12.8 Å². The molecule has 4 nitrogen and oxygen atoms in total. The second-order valence-corrected chi connectivity index (χ2v) is 6.55. The van der Waals surface area contributed by atoms with Crippen molar-refractivity contribution in [2.24, 2.45) is 23.3 Å². The fraction of sp³-hybridized carbons (Fsp3) is 0.929. The summed E-state index contributed by atoms with van der Waals surface area (Å²) in [7, 11) is 0. The summed E-state index contributed by atoms with van der Waals surface area (Å²) in [6, 6.07) is 0.666. The first-order valence-electron chi connectivity index (χ1n) is 7.44. The molecular formula is C14H25N3O. The quantitative estimate of drug-likeness (QED) is 0.778. The summed E-state index contributed by atoms with van der Waals surface area (Å²) in [6.45, 7) is 1.79. The van der Waals surface area contributed by atoms with Gasteiger partial charge in [-0.25, -0.2) is 0 Å². The molecule has 102 valence electrons. The van der Waals surface area contributed by atoms with Gasteiger partial charge < -0.3 is 11.5 Å². The zero-order valence-electron chi connectivity index (χ0n) is 11.1. The van der Waals surface area contributed by atoms with Gasteiger partial charge >= 0.3 is 0 Å². The Hall–Kier alpha value is -0.610. The Morgan fingerprint density at radius 2 is 1.89 bits per heavy atom. The van der Waals surface area contributed by atoms with Crippen molar-refractivity contribution in [3.63, 3.8) is 0 Å². The Bertz CT molecular complexity index is 342. The predicted octanol–water partition coefficient (Wildman–Crippen LogP) is 0.844. The van der Waals surface area contributed by atoms with Gasteiger partial charge in [-0.2, -0.15) is 0 Å². The Kier molecular flexibility index (Phi) is 3.10. The lowest BCUT2D eigenvalue weighted by molar-refractivity contribution is -0.124. The Morgan fingerprint density at radius 1 is 1.17 bits per heavy atom. The van der Waals surface area contributed by atoms with Gasteiger partial charge in [0, 0.05) is 12.6 Å². The average molecular weight is 251 g/mol. The summed E-state index contributed by atoms with van der Waals surface area (Å²) in [5.74, 6) is 0.872. The van der Waals surface area contributed by atoms with E-state index >= 15 is 0 Å². The van der Waals surface area contributed by atoms with E-state index in [4.69, 9.17) is 11.5 Å². The fourth-order valence-electron chi connectivity index (χ4n) is 4.04. The Balaban J connectivity index is 1.69.